The molecule has 0 aromatic carbocycles. The number of hydrogen-bond acceptors (Lipinski definition) is 3. The highest BCUT2D eigenvalue weighted by Gasteiger charge is 2.27. The number of nitrogens with zero attached hydrogens (tertiary/aromatic N) is 1. The number of aromatic amines is 1. The predicted octanol–water partition coefficient (Wildman–Crippen LogP) is 0.975. The van der Waals surface area contributed by atoms with Crippen LogP contribution in [-0.2, 0) is 0 Å². The summed E-state index contributed by atoms with van der Waals surface area (Å²) in [6.45, 7) is 3.62. The van der Waals surface area contributed by atoms with Crippen LogP contribution >= 0.6 is 0 Å². The Bertz CT molecular complexity index is 404. The zero-order chi connectivity index (χ0) is 10.3. The van der Waals surface area contributed by atoms with Crippen molar-refractivity contribution in [2.24, 2.45) is 5.73 Å². The van der Waals surface area contributed by atoms with E-state index >= 15 is 0 Å². The summed E-state index contributed by atoms with van der Waals surface area (Å²) in [5, 5.41) is 0. The first-order chi connectivity index (χ1) is 6.59. The van der Waals surface area contributed by atoms with Gasteiger partial charge in [-0.1, -0.05) is 0 Å². The van der Waals surface area contributed by atoms with E-state index in [0.29, 0.717) is 11.5 Å². The standard InChI is InChI=1S/C10H15N3O/c1-5-8(6(2)11)12-9(7-3-4-7)13-10(5)14/h6-7H,3-4,11H2,1-2H3,(H,12,13,14)/t6-/m0/s1. The minimum atomic E-state index is -0.171. The topological polar surface area (TPSA) is 71.8 Å². The van der Waals surface area contributed by atoms with E-state index in [-0.39, 0.29) is 11.6 Å². The van der Waals surface area contributed by atoms with E-state index in [1.807, 2.05) is 6.92 Å². The molecule has 1 aromatic rings. The van der Waals surface area contributed by atoms with E-state index in [2.05, 4.69) is 9.97 Å². The highest BCUT2D eigenvalue weighted by atomic mass is 16.1. The highest BCUT2D eigenvalue weighted by Crippen LogP contribution is 2.37. The SMILES string of the molecule is Cc1c([C@H](C)N)nc(C2CC2)[nH]c1=O. The van der Waals surface area contributed by atoms with Crippen LogP contribution < -0.4 is 11.3 Å². The number of hydrogen-bond donors (Lipinski definition) is 2. The third-order valence-electron chi connectivity index (χ3n) is 2.60. The Labute approximate surface area is 82.6 Å². The molecule has 1 aliphatic rings. The molecule has 1 aliphatic carbocycles. The van der Waals surface area contributed by atoms with Gasteiger partial charge in [-0.3, -0.25) is 4.79 Å². The van der Waals surface area contributed by atoms with Gasteiger partial charge < -0.3 is 10.7 Å². The summed E-state index contributed by atoms with van der Waals surface area (Å²) in [5.74, 6) is 1.27. The number of rotatable bonds is 2. The minimum absolute atomic E-state index is 0.0470. The molecule has 1 fully saturated rings. The maximum atomic E-state index is 11.5. The first-order valence-corrected chi connectivity index (χ1v) is 4.96. The van der Waals surface area contributed by atoms with Crippen LogP contribution in [0.25, 0.3) is 0 Å². The van der Waals surface area contributed by atoms with Crippen LogP contribution in [0.3, 0.4) is 0 Å². The summed E-state index contributed by atoms with van der Waals surface area (Å²) in [7, 11) is 0. The maximum absolute atomic E-state index is 11.5. The third-order valence-corrected chi connectivity index (χ3v) is 2.60. The van der Waals surface area contributed by atoms with Gasteiger partial charge in [-0.15, -0.1) is 0 Å². The first kappa shape index (κ1) is 9.40. The van der Waals surface area contributed by atoms with Crippen molar-refractivity contribution in [3.63, 3.8) is 0 Å². The van der Waals surface area contributed by atoms with Crippen molar-refractivity contribution in [3.8, 4) is 0 Å². The van der Waals surface area contributed by atoms with Crippen LogP contribution in [0.4, 0.5) is 0 Å². The summed E-state index contributed by atoms with van der Waals surface area (Å²) in [6.07, 6.45) is 2.26. The molecule has 0 radical (unpaired) electrons. The third kappa shape index (κ3) is 1.57. The number of nitrogens with one attached hydrogen (secondary N) is 1. The summed E-state index contributed by atoms with van der Waals surface area (Å²) in [5.41, 5.74) is 7.09. The lowest BCUT2D eigenvalue weighted by Gasteiger charge is -2.09. The molecule has 0 bridgehead atoms. The quantitative estimate of drug-likeness (QED) is 0.735. The molecule has 1 aromatic heterocycles. The van der Waals surface area contributed by atoms with Crippen molar-refractivity contribution in [2.45, 2.75) is 38.6 Å². The predicted molar refractivity (Wildman–Crippen MR) is 54.2 cm³/mol. The Balaban J connectivity index is 2.52. The van der Waals surface area contributed by atoms with Crippen molar-refractivity contribution in [2.75, 3.05) is 0 Å². The normalized spacial score (nSPS) is 18.2. The van der Waals surface area contributed by atoms with Gasteiger partial charge in [-0.2, -0.15) is 0 Å². The van der Waals surface area contributed by atoms with Crippen molar-refractivity contribution in [1.82, 2.24) is 9.97 Å². The molecule has 2 rings (SSSR count). The van der Waals surface area contributed by atoms with Crippen molar-refractivity contribution in [3.05, 3.63) is 27.4 Å². The van der Waals surface area contributed by atoms with Crippen molar-refractivity contribution >= 4 is 0 Å². The second-order valence-corrected chi connectivity index (χ2v) is 4.02. The molecule has 4 nitrogen and oxygen atoms in total. The second kappa shape index (κ2) is 3.20. The van der Waals surface area contributed by atoms with Gasteiger partial charge >= 0.3 is 0 Å². The van der Waals surface area contributed by atoms with Gasteiger partial charge in [0, 0.05) is 17.5 Å². The maximum Gasteiger partial charge on any atom is 0.254 e. The molecule has 1 saturated carbocycles. The molecule has 14 heavy (non-hydrogen) atoms. The van der Waals surface area contributed by atoms with Crippen molar-refractivity contribution < 1.29 is 0 Å². The number of aromatic nitrogens is 2. The van der Waals surface area contributed by atoms with Crippen LogP contribution in [-0.4, -0.2) is 9.97 Å². The zero-order valence-electron chi connectivity index (χ0n) is 8.50. The monoisotopic (exact) mass is 193 g/mol. The Morgan fingerprint density at radius 1 is 1.57 bits per heavy atom. The number of H-pyrrole nitrogens is 1. The van der Waals surface area contributed by atoms with E-state index in [0.717, 1.165) is 24.4 Å². The molecule has 0 amide bonds. The summed E-state index contributed by atoms with van der Waals surface area (Å²) < 4.78 is 0. The lowest BCUT2D eigenvalue weighted by Crippen LogP contribution is -2.21. The van der Waals surface area contributed by atoms with Crippen LogP contribution in [0.2, 0.25) is 0 Å². The molecule has 0 saturated heterocycles. The minimum Gasteiger partial charge on any atom is -0.323 e. The van der Waals surface area contributed by atoms with E-state index in [1.54, 1.807) is 6.92 Å². The summed E-state index contributed by atoms with van der Waals surface area (Å²) in [4.78, 5) is 18.8. The fourth-order valence-electron chi connectivity index (χ4n) is 1.56. The van der Waals surface area contributed by atoms with E-state index in [9.17, 15) is 4.79 Å². The van der Waals surface area contributed by atoms with Crippen molar-refractivity contribution in [1.29, 1.82) is 0 Å². The van der Waals surface area contributed by atoms with Crippen LogP contribution in [0.1, 0.15) is 48.8 Å². The fourth-order valence-corrected chi connectivity index (χ4v) is 1.56. The average molecular weight is 193 g/mol. The Morgan fingerprint density at radius 3 is 2.71 bits per heavy atom. The molecule has 0 spiro atoms. The molecule has 4 heteroatoms. The van der Waals surface area contributed by atoms with Gasteiger partial charge in [-0.05, 0) is 26.7 Å². The van der Waals surface area contributed by atoms with Gasteiger partial charge in [0.2, 0.25) is 0 Å². The molecular weight excluding hydrogens is 178 g/mol. The molecule has 76 valence electrons. The van der Waals surface area contributed by atoms with Gasteiger partial charge in [0.05, 0.1) is 5.69 Å². The molecule has 0 aliphatic heterocycles. The van der Waals surface area contributed by atoms with Gasteiger partial charge in [-0.25, -0.2) is 4.98 Å². The molecule has 1 atom stereocenters. The molecule has 3 N–H and O–H groups in total. The first-order valence-electron chi connectivity index (χ1n) is 4.96. The number of nitrogens with two attached hydrogens (primary N) is 1. The lowest BCUT2D eigenvalue weighted by atomic mass is 10.1. The van der Waals surface area contributed by atoms with Gasteiger partial charge in [0.25, 0.3) is 5.56 Å². The van der Waals surface area contributed by atoms with Crippen LogP contribution in [0, 0.1) is 6.92 Å². The smallest absolute Gasteiger partial charge is 0.254 e. The lowest BCUT2D eigenvalue weighted by molar-refractivity contribution is 0.735. The Morgan fingerprint density at radius 2 is 2.21 bits per heavy atom. The van der Waals surface area contributed by atoms with Gasteiger partial charge in [0.15, 0.2) is 0 Å². The van der Waals surface area contributed by atoms with E-state index < -0.39 is 0 Å². The van der Waals surface area contributed by atoms with E-state index in [1.165, 1.54) is 0 Å². The second-order valence-electron chi connectivity index (χ2n) is 4.02. The Hall–Kier alpha value is -1.16. The fraction of sp³-hybridized carbons (Fsp3) is 0.600. The van der Waals surface area contributed by atoms with E-state index in [4.69, 9.17) is 5.73 Å². The summed E-state index contributed by atoms with van der Waals surface area (Å²) in [6, 6.07) is -0.171. The van der Waals surface area contributed by atoms with Crippen LogP contribution in [0.15, 0.2) is 4.79 Å². The van der Waals surface area contributed by atoms with Gasteiger partial charge in [0.1, 0.15) is 5.82 Å². The highest BCUT2D eigenvalue weighted by molar-refractivity contribution is 5.21. The molecular formula is C10H15N3O. The van der Waals surface area contributed by atoms with Crippen LogP contribution in [0.5, 0.6) is 0 Å². The summed E-state index contributed by atoms with van der Waals surface area (Å²) >= 11 is 0. The molecule has 1 heterocycles. The molecule has 0 unspecified atom stereocenters. The Kier molecular flexibility index (Phi) is 2.15. The zero-order valence-corrected chi connectivity index (χ0v) is 8.50. The average Bonchev–Trinajstić information content (AvgIpc) is 2.91. The largest absolute Gasteiger partial charge is 0.323 e.